The summed E-state index contributed by atoms with van der Waals surface area (Å²) in [5.41, 5.74) is 5.13. The number of aromatic nitrogens is 3. The van der Waals surface area contributed by atoms with E-state index in [1.807, 2.05) is 49.4 Å². The van der Waals surface area contributed by atoms with E-state index < -0.39 is 6.36 Å². The maximum atomic E-state index is 13.1. The van der Waals surface area contributed by atoms with Crippen LogP contribution in [0.25, 0.3) is 17.1 Å². The van der Waals surface area contributed by atoms with E-state index in [1.165, 1.54) is 35.3 Å². The Labute approximate surface area is 282 Å². The van der Waals surface area contributed by atoms with Crippen molar-refractivity contribution in [3.05, 3.63) is 95.3 Å². The summed E-state index contributed by atoms with van der Waals surface area (Å²) in [6, 6.07) is 19.1. The Balaban J connectivity index is 1.16. The van der Waals surface area contributed by atoms with Crippen molar-refractivity contribution >= 4 is 23.5 Å². The smallest absolute Gasteiger partial charge is 0.497 e. The number of thioether (sulfide) groups is 1. The molecule has 1 atom stereocenters. The first-order chi connectivity index (χ1) is 22.7. The lowest BCUT2D eigenvalue weighted by Gasteiger charge is -2.32. The topological polar surface area (TPSA) is 93.5 Å². The fraction of sp³-hybridized carbons (Fsp3) is 0.343. The van der Waals surface area contributed by atoms with E-state index in [4.69, 9.17) is 4.74 Å². The van der Waals surface area contributed by atoms with Gasteiger partial charge in [0.1, 0.15) is 17.8 Å². The van der Waals surface area contributed by atoms with Gasteiger partial charge < -0.3 is 25.0 Å². The Hall–Kier alpha value is -4.65. The van der Waals surface area contributed by atoms with Gasteiger partial charge in [-0.3, -0.25) is 0 Å². The second-order valence-electron chi connectivity index (χ2n) is 12.6. The maximum Gasteiger partial charge on any atom is 0.573 e. The third-order valence-electron chi connectivity index (χ3n) is 7.80. The number of nitrogens with zero attached hydrogens (tertiary/aromatic N) is 4. The van der Waals surface area contributed by atoms with Crippen LogP contribution >= 0.6 is 11.8 Å². The van der Waals surface area contributed by atoms with E-state index in [1.54, 1.807) is 18.9 Å². The van der Waals surface area contributed by atoms with Gasteiger partial charge in [0.15, 0.2) is 11.3 Å². The van der Waals surface area contributed by atoms with Crippen molar-refractivity contribution in [3.63, 3.8) is 0 Å². The van der Waals surface area contributed by atoms with Crippen molar-refractivity contribution in [2.24, 2.45) is 5.41 Å². The summed E-state index contributed by atoms with van der Waals surface area (Å²) in [4.78, 5) is 19.6. The lowest BCUT2D eigenvalue weighted by Crippen LogP contribution is -2.49. The molecule has 13 heteroatoms. The fourth-order valence-electron chi connectivity index (χ4n) is 5.41. The summed E-state index contributed by atoms with van der Waals surface area (Å²) in [6.45, 7) is 11.0. The van der Waals surface area contributed by atoms with Crippen molar-refractivity contribution in [3.8, 4) is 28.6 Å². The van der Waals surface area contributed by atoms with Gasteiger partial charge in [0.25, 0.3) is 0 Å². The highest BCUT2D eigenvalue weighted by atomic mass is 32.2. The maximum absolute atomic E-state index is 13.1. The summed E-state index contributed by atoms with van der Waals surface area (Å²) < 4.78 is 48.2. The zero-order valence-electron chi connectivity index (χ0n) is 27.6. The number of hydrogen-bond donors (Lipinski definition) is 2. The predicted molar refractivity (Wildman–Crippen MR) is 182 cm³/mol. The second-order valence-corrected chi connectivity index (χ2v) is 13.6. The number of benzene rings is 3. The number of ether oxygens (including phenoxy) is 2. The number of hydrogen-bond acceptors (Lipinski definition) is 7. The number of alkyl halides is 3. The van der Waals surface area contributed by atoms with Gasteiger partial charge in [-0.2, -0.15) is 0 Å². The molecule has 1 aliphatic rings. The molecule has 0 saturated carbocycles. The highest BCUT2D eigenvalue weighted by Gasteiger charge is 2.32. The number of amides is 2. The molecule has 1 aliphatic heterocycles. The van der Waals surface area contributed by atoms with E-state index in [-0.39, 0.29) is 28.6 Å². The zero-order chi connectivity index (χ0) is 34.6. The minimum Gasteiger partial charge on any atom is -0.497 e. The molecule has 2 heterocycles. The quantitative estimate of drug-likeness (QED) is 0.165. The summed E-state index contributed by atoms with van der Waals surface area (Å²) in [5, 5.41) is 12.7. The molecule has 9 nitrogen and oxygen atoms in total. The van der Waals surface area contributed by atoms with E-state index in [0.29, 0.717) is 18.1 Å². The van der Waals surface area contributed by atoms with Gasteiger partial charge in [-0.25, -0.2) is 14.5 Å². The number of carbonyl (C=O) groups excluding carboxylic acids is 1. The lowest BCUT2D eigenvalue weighted by molar-refractivity contribution is -0.274. The largest absolute Gasteiger partial charge is 0.573 e. The van der Waals surface area contributed by atoms with E-state index >= 15 is 0 Å². The summed E-state index contributed by atoms with van der Waals surface area (Å²) in [6.07, 6.45) is -2.53. The minimum absolute atomic E-state index is 0.238. The first kappa shape index (κ1) is 34.7. The van der Waals surface area contributed by atoms with Crippen LogP contribution in [0.1, 0.15) is 51.7 Å². The number of rotatable bonds is 11. The first-order valence-corrected chi connectivity index (χ1v) is 16.4. The Morgan fingerprint density at radius 2 is 1.71 bits per heavy atom. The Morgan fingerprint density at radius 3 is 2.35 bits per heavy atom. The Bertz CT molecular complexity index is 1750. The van der Waals surface area contributed by atoms with Crippen molar-refractivity contribution in [2.45, 2.75) is 58.8 Å². The van der Waals surface area contributed by atoms with Crippen molar-refractivity contribution in [1.82, 2.24) is 25.4 Å². The number of anilines is 1. The Kier molecular flexibility index (Phi) is 10.3. The van der Waals surface area contributed by atoms with Gasteiger partial charge in [0.2, 0.25) is 0 Å². The molecule has 2 N–H and O–H groups in total. The molecule has 0 bridgehead atoms. The van der Waals surface area contributed by atoms with Gasteiger partial charge in [-0.1, -0.05) is 63.7 Å². The SMILES string of the molecule is COc1ccc(N2C(C)=CSC2NC(=O)NCC(C)(C)Cc2ccc(-c3ncn(-c4ccc(OC(F)(F)F)cc4)n3)cc2)c(C(C)C)c1. The van der Waals surface area contributed by atoms with Crippen LogP contribution in [0.2, 0.25) is 0 Å². The third-order valence-corrected chi connectivity index (χ3v) is 8.87. The van der Waals surface area contributed by atoms with Gasteiger partial charge in [0, 0.05) is 23.5 Å². The fourth-order valence-corrected chi connectivity index (χ4v) is 6.43. The van der Waals surface area contributed by atoms with Crippen LogP contribution in [0.15, 0.2) is 84.2 Å². The van der Waals surface area contributed by atoms with E-state index in [2.05, 4.69) is 63.5 Å². The standard InChI is InChI=1S/C35H39F3N6O3S/c1-22(2)29-17-28(46-6)15-16-30(29)44-23(3)19-48-33(44)41-32(45)39-20-34(4,5)18-24-7-9-25(10-8-24)31-40-21-43(42-31)26-11-13-27(14-12-26)47-35(36,37)38/h7-17,19,21-22,33H,18,20H2,1-6H3,(H2,39,41,45). The number of halogens is 3. The number of urea groups is 1. The van der Waals surface area contributed by atoms with Crippen LogP contribution < -0.4 is 25.0 Å². The normalized spacial score (nSPS) is 15.0. The third kappa shape index (κ3) is 8.62. The highest BCUT2D eigenvalue weighted by Crippen LogP contribution is 2.40. The molecule has 3 aromatic carbocycles. The molecule has 4 aromatic rings. The number of allylic oxidation sites excluding steroid dienone is 1. The monoisotopic (exact) mass is 680 g/mol. The van der Waals surface area contributed by atoms with Crippen LogP contribution in [-0.4, -0.2) is 46.3 Å². The first-order valence-electron chi connectivity index (χ1n) is 15.4. The molecule has 0 radical (unpaired) electrons. The van der Waals surface area contributed by atoms with Gasteiger partial charge >= 0.3 is 12.4 Å². The van der Waals surface area contributed by atoms with E-state index in [0.717, 1.165) is 40.2 Å². The second kappa shape index (κ2) is 14.2. The molecule has 5 rings (SSSR count). The molecule has 254 valence electrons. The summed E-state index contributed by atoms with van der Waals surface area (Å²) >= 11 is 1.56. The lowest BCUT2D eigenvalue weighted by atomic mass is 9.85. The number of nitrogens with one attached hydrogen (secondary N) is 2. The van der Waals surface area contributed by atoms with Crippen LogP contribution in [0.3, 0.4) is 0 Å². The molecule has 1 unspecified atom stereocenters. The van der Waals surface area contributed by atoms with Crippen LogP contribution in [0.4, 0.5) is 23.7 Å². The van der Waals surface area contributed by atoms with Crippen molar-refractivity contribution < 1.29 is 27.4 Å². The van der Waals surface area contributed by atoms with Crippen LogP contribution in [0.5, 0.6) is 11.5 Å². The molecule has 2 amide bonds. The average molecular weight is 681 g/mol. The molecule has 0 spiro atoms. The molecule has 0 aliphatic carbocycles. The zero-order valence-corrected chi connectivity index (χ0v) is 28.4. The van der Waals surface area contributed by atoms with Crippen LogP contribution in [0, 0.1) is 5.41 Å². The molecule has 48 heavy (non-hydrogen) atoms. The molecular weight excluding hydrogens is 641 g/mol. The summed E-state index contributed by atoms with van der Waals surface area (Å²) in [7, 11) is 1.66. The van der Waals surface area contributed by atoms with Crippen molar-refractivity contribution in [1.29, 1.82) is 0 Å². The van der Waals surface area contributed by atoms with E-state index in [9.17, 15) is 18.0 Å². The Morgan fingerprint density at radius 1 is 1.02 bits per heavy atom. The van der Waals surface area contributed by atoms with Gasteiger partial charge in [0.05, 0.1) is 12.8 Å². The van der Waals surface area contributed by atoms with Crippen molar-refractivity contribution in [2.75, 3.05) is 18.6 Å². The molecular formula is C35H39F3N6O3S. The average Bonchev–Trinajstić information content (AvgIpc) is 3.66. The van der Waals surface area contributed by atoms with Gasteiger partial charge in [-0.05, 0) is 83.7 Å². The van der Waals surface area contributed by atoms with Crippen LogP contribution in [-0.2, 0) is 6.42 Å². The number of methoxy groups -OCH3 is 1. The molecule has 0 saturated heterocycles. The molecule has 0 fully saturated rings. The molecule has 1 aromatic heterocycles. The number of carbonyl (C=O) groups is 1. The minimum atomic E-state index is -4.75. The highest BCUT2D eigenvalue weighted by molar-refractivity contribution is 8.03. The summed E-state index contributed by atoms with van der Waals surface area (Å²) in [5.74, 6) is 1.24. The van der Waals surface area contributed by atoms with Gasteiger partial charge in [-0.15, -0.1) is 18.3 Å². The predicted octanol–water partition coefficient (Wildman–Crippen LogP) is 8.23.